The molecule has 4 aromatic carbocycles. The van der Waals surface area contributed by atoms with E-state index in [9.17, 15) is 9.59 Å². The van der Waals surface area contributed by atoms with E-state index < -0.39 is 24.4 Å². The van der Waals surface area contributed by atoms with Crippen molar-refractivity contribution in [3.8, 4) is 23.0 Å². The topological polar surface area (TPSA) is 184 Å². The highest BCUT2D eigenvalue weighted by atomic mass is 35.5. The Bertz CT molecular complexity index is 2650. The molecule has 0 unspecified atom stereocenters. The first-order chi connectivity index (χ1) is 33.9. The number of halogens is 2. The molecule has 4 atom stereocenters. The lowest BCUT2D eigenvalue weighted by Gasteiger charge is -2.24. The summed E-state index contributed by atoms with van der Waals surface area (Å²) in [5, 5.41) is 7.70. The van der Waals surface area contributed by atoms with Crippen LogP contribution in [0.15, 0.2) is 94.0 Å². The third-order valence-corrected chi connectivity index (χ3v) is 12.5. The molecule has 0 radical (unpaired) electrons. The van der Waals surface area contributed by atoms with Crippen molar-refractivity contribution in [2.75, 3.05) is 53.3 Å². The van der Waals surface area contributed by atoms with E-state index in [2.05, 4.69) is 30.1 Å². The van der Waals surface area contributed by atoms with Gasteiger partial charge in [0.05, 0.1) is 80.7 Å². The van der Waals surface area contributed by atoms with Gasteiger partial charge in [0, 0.05) is 56.5 Å². The number of carbonyl (C=O) groups excluding carboxylic acids is 2. The molecule has 0 saturated carbocycles. The SMILES string of the molecule is COC(=O)CCc1cnc(C[C@@H]2O[C@H](c3cccc(OC)c3OC)c3cc(Cl)ccc3NC2=S)o1.COC(=O)CCc1cnc(C[C@H]2O[C@H](c3cccc(OC)c3OC)c3cc(Cl)ccc3NC2=S)o1. The molecule has 0 saturated heterocycles. The molecule has 20 heteroatoms. The Labute approximate surface area is 425 Å². The van der Waals surface area contributed by atoms with E-state index in [1.54, 1.807) is 53.0 Å². The first kappa shape index (κ1) is 51.6. The second-order valence-corrected chi connectivity index (χ2v) is 17.4. The maximum absolute atomic E-state index is 11.4. The third-order valence-electron chi connectivity index (χ3n) is 11.3. The summed E-state index contributed by atoms with van der Waals surface area (Å²) < 4.78 is 56.6. The fourth-order valence-electron chi connectivity index (χ4n) is 7.84. The lowest BCUT2D eigenvalue weighted by atomic mass is 9.98. The van der Waals surface area contributed by atoms with Crippen molar-refractivity contribution in [1.82, 2.24) is 9.97 Å². The largest absolute Gasteiger partial charge is 0.493 e. The fraction of sp³-hybridized carbons (Fsp3) is 0.320. The number of esters is 2. The van der Waals surface area contributed by atoms with Gasteiger partial charge in [-0.05, 0) is 48.5 Å². The zero-order valence-electron chi connectivity index (χ0n) is 39.0. The average molecular weight is 1030 g/mol. The predicted octanol–water partition coefficient (Wildman–Crippen LogP) is 9.84. The maximum atomic E-state index is 11.4. The lowest BCUT2D eigenvalue weighted by Crippen LogP contribution is -2.30. The Morgan fingerprint density at radius 3 is 1.37 bits per heavy atom. The number of aromatic nitrogens is 2. The Balaban J connectivity index is 0.000000206. The highest BCUT2D eigenvalue weighted by Gasteiger charge is 2.35. The van der Waals surface area contributed by atoms with Crippen molar-refractivity contribution < 1.29 is 56.3 Å². The molecule has 70 heavy (non-hydrogen) atoms. The lowest BCUT2D eigenvalue weighted by molar-refractivity contribution is -0.141. The van der Waals surface area contributed by atoms with Crippen LogP contribution < -0.4 is 29.6 Å². The van der Waals surface area contributed by atoms with Crippen LogP contribution in [-0.4, -0.2) is 86.8 Å². The summed E-state index contributed by atoms with van der Waals surface area (Å²) in [4.78, 5) is 32.5. The van der Waals surface area contributed by atoms with Crippen LogP contribution in [0.2, 0.25) is 10.0 Å². The Hall–Kier alpha value is -6.28. The molecule has 16 nitrogen and oxygen atoms in total. The minimum Gasteiger partial charge on any atom is -0.493 e. The Morgan fingerprint density at radius 1 is 0.586 bits per heavy atom. The average Bonchev–Trinajstić information content (AvgIpc) is 3.98. The van der Waals surface area contributed by atoms with Crippen LogP contribution in [0.5, 0.6) is 23.0 Å². The summed E-state index contributed by atoms with van der Waals surface area (Å²) in [6.07, 6.45) is 2.70. The van der Waals surface area contributed by atoms with E-state index in [1.165, 1.54) is 14.2 Å². The van der Waals surface area contributed by atoms with Crippen LogP contribution in [0.25, 0.3) is 0 Å². The molecule has 8 rings (SSSR count). The van der Waals surface area contributed by atoms with E-state index >= 15 is 0 Å². The molecular formula is C50H50Cl2N4O12S2. The van der Waals surface area contributed by atoms with Gasteiger partial charge in [0.2, 0.25) is 0 Å². The highest BCUT2D eigenvalue weighted by molar-refractivity contribution is 7.81. The summed E-state index contributed by atoms with van der Waals surface area (Å²) in [5.74, 6) is 3.70. The van der Waals surface area contributed by atoms with Crippen LogP contribution in [0.4, 0.5) is 11.4 Å². The second-order valence-electron chi connectivity index (χ2n) is 15.6. The number of hydrogen-bond acceptors (Lipinski definition) is 16. The van der Waals surface area contributed by atoms with Crippen molar-refractivity contribution >= 4 is 80.9 Å². The van der Waals surface area contributed by atoms with Crippen molar-refractivity contribution in [1.29, 1.82) is 0 Å². The van der Waals surface area contributed by atoms with Crippen LogP contribution in [0.3, 0.4) is 0 Å². The van der Waals surface area contributed by atoms with Gasteiger partial charge in [-0.1, -0.05) is 71.9 Å². The molecule has 4 heterocycles. The quantitative estimate of drug-likeness (QED) is 0.0689. The standard InChI is InChI=1S/2C25H25ClN2O6S/c2*1-30-19-6-4-5-16(24(19)32-3)23-17-11-14(26)7-9-18(17)28-25(35)20(34-23)12-21-27-13-15(33-21)8-10-22(29)31-2/h2*4-7,9,11,13,20,23H,8,10,12H2,1-3H3,(H,28,35)/t20-,23+;20-,23-/m01/s1. The minimum atomic E-state index is -0.569. The Morgan fingerprint density at radius 2 is 1.00 bits per heavy atom. The number of ether oxygens (including phenoxy) is 8. The number of para-hydroxylation sites is 2. The molecule has 368 valence electrons. The number of nitrogens with one attached hydrogen (secondary N) is 2. The Kier molecular flexibility index (Phi) is 17.7. The van der Waals surface area contributed by atoms with Crippen molar-refractivity contribution in [3.63, 3.8) is 0 Å². The molecule has 0 aliphatic carbocycles. The molecule has 0 amide bonds. The zero-order chi connectivity index (χ0) is 49.9. The van der Waals surface area contributed by atoms with Crippen molar-refractivity contribution in [3.05, 3.63) is 141 Å². The number of hydrogen-bond donors (Lipinski definition) is 2. The third kappa shape index (κ3) is 12.4. The maximum Gasteiger partial charge on any atom is 0.305 e. The van der Waals surface area contributed by atoms with Crippen molar-refractivity contribution in [2.45, 2.75) is 62.9 Å². The molecule has 2 aliphatic heterocycles. The molecule has 6 aromatic rings. The molecular weight excluding hydrogens is 984 g/mol. The van der Waals surface area contributed by atoms with Gasteiger partial charge in [-0.3, -0.25) is 9.59 Å². The fourth-order valence-corrected chi connectivity index (χ4v) is 8.70. The molecule has 2 N–H and O–H groups in total. The van der Waals surface area contributed by atoms with Gasteiger partial charge in [-0.25, -0.2) is 9.97 Å². The number of nitrogens with zero attached hydrogens (tertiary/aromatic N) is 2. The van der Waals surface area contributed by atoms with E-state index in [-0.39, 0.29) is 37.6 Å². The van der Waals surface area contributed by atoms with E-state index in [0.717, 1.165) is 33.6 Å². The van der Waals surface area contributed by atoms with Crippen LogP contribution >= 0.6 is 47.6 Å². The monoisotopic (exact) mass is 1030 g/mol. The van der Waals surface area contributed by atoms with Gasteiger partial charge >= 0.3 is 11.9 Å². The molecule has 0 spiro atoms. The normalized spacial score (nSPS) is 17.2. The van der Waals surface area contributed by atoms with Crippen molar-refractivity contribution in [2.24, 2.45) is 0 Å². The number of fused-ring (bicyclic) bond motifs is 2. The minimum absolute atomic E-state index is 0.207. The number of anilines is 2. The summed E-state index contributed by atoms with van der Waals surface area (Å²) in [7, 11) is 9.04. The van der Waals surface area contributed by atoms with E-state index in [4.69, 9.17) is 84.9 Å². The van der Waals surface area contributed by atoms with E-state index in [1.807, 2.05) is 60.7 Å². The molecule has 0 bridgehead atoms. The second kappa shape index (κ2) is 24.0. The van der Waals surface area contributed by atoms with Gasteiger partial charge in [0.1, 0.15) is 45.9 Å². The number of benzene rings is 4. The van der Waals surface area contributed by atoms with Gasteiger partial charge in [-0.2, -0.15) is 0 Å². The highest BCUT2D eigenvalue weighted by Crippen LogP contribution is 2.46. The molecule has 2 aliphatic rings. The summed E-state index contributed by atoms with van der Waals surface area (Å²) in [5.41, 5.74) is 4.70. The summed E-state index contributed by atoms with van der Waals surface area (Å²) in [6, 6.07) is 22.2. The molecule has 2 aromatic heterocycles. The van der Waals surface area contributed by atoms with Crippen LogP contribution in [0.1, 0.15) is 70.6 Å². The van der Waals surface area contributed by atoms with Gasteiger partial charge in [0.15, 0.2) is 34.8 Å². The van der Waals surface area contributed by atoms with Gasteiger partial charge < -0.3 is 57.4 Å². The number of oxazole rings is 2. The smallest absolute Gasteiger partial charge is 0.305 e. The van der Waals surface area contributed by atoms with Crippen LogP contribution in [0, 0.1) is 0 Å². The van der Waals surface area contributed by atoms with Gasteiger partial charge in [0.25, 0.3) is 0 Å². The summed E-state index contributed by atoms with van der Waals surface area (Å²) >= 11 is 24.1. The first-order valence-corrected chi connectivity index (χ1v) is 23.4. The molecule has 0 fully saturated rings. The van der Waals surface area contributed by atoms with E-state index in [0.29, 0.717) is 79.2 Å². The number of methoxy groups -OCH3 is 6. The number of rotatable bonds is 16. The first-order valence-electron chi connectivity index (χ1n) is 21.8. The number of carbonyl (C=O) groups is 2. The van der Waals surface area contributed by atoms with Crippen LogP contribution in [-0.2, 0) is 54.2 Å². The number of thiocarbonyl (C=S) groups is 2. The number of aryl methyl sites for hydroxylation is 2. The zero-order valence-corrected chi connectivity index (χ0v) is 42.1. The summed E-state index contributed by atoms with van der Waals surface area (Å²) in [6.45, 7) is 0. The van der Waals surface area contributed by atoms with Gasteiger partial charge in [-0.15, -0.1) is 0 Å². The predicted molar refractivity (Wildman–Crippen MR) is 269 cm³/mol.